The summed E-state index contributed by atoms with van der Waals surface area (Å²) in [4.78, 5) is 24.4. The number of hydrogen-bond acceptors (Lipinski definition) is 7. The fourth-order valence-corrected chi connectivity index (χ4v) is 4.06. The highest BCUT2D eigenvalue weighted by Crippen LogP contribution is 2.23. The van der Waals surface area contributed by atoms with Crippen LogP contribution < -0.4 is 9.64 Å². The van der Waals surface area contributed by atoms with Crippen LogP contribution in [0.3, 0.4) is 0 Å². The molecule has 0 saturated carbocycles. The van der Waals surface area contributed by atoms with E-state index in [0.717, 1.165) is 65.4 Å². The molecule has 8 nitrogen and oxygen atoms in total. The van der Waals surface area contributed by atoms with Crippen molar-refractivity contribution in [2.75, 3.05) is 18.0 Å². The molecular weight excluding hydrogens is 482 g/mol. The summed E-state index contributed by atoms with van der Waals surface area (Å²) in [6.07, 6.45) is 11.9. The van der Waals surface area contributed by atoms with Gasteiger partial charge in [-0.1, -0.05) is 35.0 Å². The first-order valence-electron chi connectivity index (χ1n) is 11.0. The third-order valence-electron chi connectivity index (χ3n) is 5.73. The summed E-state index contributed by atoms with van der Waals surface area (Å²) in [7, 11) is 0. The van der Waals surface area contributed by atoms with Gasteiger partial charge in [0.05, 0.1) is 5.69 Å². The van der Waals surface area contributed by atoms with Crippen molar-refractivity contribution in [1.29, 1.82) is 0 Å². The molecule has 1 saturated heterocycles. The largest absolute Gasteiger partial charge is 0.474 e. The van der Waals surface area contributed by atoms with Crippen LogP contribution in [0.25, 0.3) is 17.1 Å². The molecule has 4 aromatic rings. The quantitative estimate of drug-likeness (QED) is 0.381. The predicted molar refractivity (Wildman–Crippen MR) is 130 cm³/mol. The van der Waals surface area contributed by atoms with Gasteiger partial charge < -0.3 is 9.64 Å². The van der Waals surface area contributed by atoms with Gasteiger partial charge in [-0.2, -0.15) is 0 Å². The number of rotatable bonds is 6. The van der Waals surface area contributed by atoms with E-state index in [2.05, 4.69) is 52.7 Å². The second-order valence-corrected chi connectivity index (χ2v) is 8.85. The van der Waals surface area contributed by atoms with Crippen LogP contribution >= 0.6 is 15.9 Å². The van der Waals surface area contributed by atoms with Crippen molar-refractivity contribution in [2.45, 2.75) is 32.3 Å². The first kappa shape index (κ1) is 21.5. The molecule has 0 spiro atoms. The van der Waals surface area contributed by atoms with Gasteiger partial charge in [-0.15, -0.1) is 0 Å². The minimum atomic E-state index is 0.0972. The summed E-state index contributed by atoms with van der Waals surface area (Å²) < 4.78 is 9.10. The number of anilines is 1. The highest BCUT2D eigenvalue weighted by atomic mass is 79.9. The number of aryl methyl sites for hydroxylation is 1. The molecule has 9 heteroatoms. The van der Waals surface area contributed by atoms with Gasteiger partial charge >= 0.3 is 0 Å². The zero-order chi connectivity index (χ0) is 22.6. The number of benzene rings is 1. The number of aromatic nitrogens is 6. The van der Waals surface area contributed by atoms with Gasteiger partial charge in [0.1, 0.15) is 24.6 Å². The van der Waals surface area contributed by atoms with E-state index in [1.807, 2.05) is 53.5 Å². The number of imidazole rings is 1. The van der Waals surface area contributed by atoms with Gasteiger partial charge in [0, 0.05) is 60.6 Å². The van der Waals surface area contributed by atoms with Crippen LogP contribution in [0.15, 0.2) is 66.0 Å². The summed E-state index contributed by atoms with van der Waals surface area (Å²) in [5.74, 6) is 2.08. The van der Waals surface area contributed by atoms with E-state index >= 15 is 0 Å². The minimum absolute atomic E-state index is 0.0972. The van der Waals surface area contributed by atoms with Crippen LogP contribution in [-0.4, -0.2) is 48.7 Å². The van der Waals surface area contributed by atoms with Gasteiger partial charge in [-0.05, 0) is 24.1 Å². The molecule has 0 unspecified atom stereocenters. The molecule has 4 heterocycles. The smallest absolute Gasteiger partial charge is 0.225 e. The number of ether oxygens (including phenoxy) is 1. The molecule has 0 radical (unpaired) electrons. The molecule has 1 aliphatic heterocycles. The Bertz CT molecular complexity index is 1200. The van der Waals surface area contributed by atoms with E-state index < -0.39 is 0 Å². The predicted octanol–water partition coefficient (Wildman–Crippen LogP) is 4.49. The molecule has 3 aromatic heterocycles. The number of piperidine rings is 1. The lowest BCUT2D eigenvalue weighted by atomic mass is 10.1. The van der Waals surface area contributed by atoms with Crippen LogP contribution in [0, 0.1) is 0 Å². The third kappa shape index (κ3) is 5.03. The molecule has 168 valence electrons. The van der Waals surface area contributed by atoms with Gasteiger partial charge in [-0.25, -0.2) is 24.9 Å². The minimum Gasteiger partial charge on any atom is -0.474 e. The van der Waals surface area contributed by atoms with Crippen molar-refractivity contribution >= 4 is 21.9 Å². The molecule has 5 rings (SSSR count). The standard InChI is InChI=1S/C24H24BrN7O/c1-2-17-12-26-24(27-13-17)31-9-7-20(8-10-31)33-23-11-22(28-15-29-23)32-14-21(30-16-32)18-3-5-19(25)6-4-18/h3-6,11-16,20H,2,7-10H2,1H3. The van der Waals surface area contributed by atoms with E-state index in [9.17, 15) is 0 Å². The highest BCUT2D eigenvalue weighted by Gasteiger charge is 2.23. The summed E-state index contributed by atoms with van der Waals surface area (Å²) >= 11 is 3.46. The van der Waals surface area contributed by atoms with E-state index in [0.29, 0.717) is 5.88 Å². The van der Waals surface area contributed by atoms with E-state index in [1.54, 1.807) is 6.33 Å². The fraction of sp³-hybridized carbons (Fsp3) is 0.292. The van der Waals surface area contributed by atoms with Crippen molar-refractivity contribution in [3.63, 3.8) is 0 Å². The molecule has 1 fully saturated rings. The maximum absolute atomic E-state index is 6.19. The average molecular weight is 506 g/mol. The normalized spacial score (nSPS) is 14.4. The molecule has 0 N–H and O–H groups in total. The maximum Gasteiger partial charge on any atom is 0.225 e. The molecule has 0 bridgehead atoms. The number of hydrogen-bond donors (Lipinski definition) is 0. The Morgan fingerprint density at radius 1 is 1.00 bits per heavy atom. The SMILES string of the molecule is CCc1cnc(N2CCC(Oc3cc(-n4cnc(-c5ccc(Br)cc5)c4)ncn3)CC2)nc1. The molecule has 0 aliphatic carbocycles. The maximum atomic E-state index is 6.19. The Hall–Kier alpha value is -3.33. The zero-order valence-electron chi connectivity index (χ0n) is 18.3. The Morgan fingerprint density at radius 3 is 2.48 bits per heavy atom. The van der Waals surface area contributed by atoms with Gasteiger partial charge in [0.25, 0.3) is 0 Å². The van der Waals surface area contributed by atoms with Crippen molar-refractivity contribution in [3.8, 4) is 23.0 Å². The molecule has 0 amide bonds. The third-order valence-corrected chi connectivity index (χ3v) is 6.26. The lowest BCUT2D eigenvalue weighted by molar-refractivity contribution is 0.163. The average Bonchev–Trinajstić information content (AvgIpc) is 3.36. The topological polar surface area (TPSA) is 81.9 Å². The Balaban J connectivity index is 1.22. The molecule has 1 aliphatic rings. The van der Waals surface area contributed by atoms with Crippen molar-refractivity contribution in [2.24, 2.45) is 0 Å². The lowest BCUT2D eigenvalue weighted by Gasteiger charge is -2.31. The Kier molecular flexibility index (Phi) is 6.30. The highest BCUT2D eigenvalue weighted by molar-refractivity contribution is 9.10. The van der Waals surface area contributed by atoms with Crippen LogP contribution in [0.2, 0.25) is 0 Å². The second kappa shape index (κ2) is 9.66. The Morgan fingerprint density at radius 2 is 1.76 bits per heavy atom. The van der Waals surface area contributed by atoms with E-state index in [1.165, 1.54) is 6.33 Å². The molecule has 0 atom stereocenters. The number of nitrogens with zero attached hydrogens (tertiary/aromatic N) is 7. The van der Waals surface area contributed by atoms with Crippen LogP contribution in [0.4, 0.5) is 5.95 Å². The van der Waals surface area contributed by atoms with Crippen LogP contribution in [0.5, 0.6) is 5.88 Å². The monoisotopic (exact) mass is 505 g/mol. The van der Waals surface area contributed by atoms with Crippen LogP contribution in [-0.2, 0) is 6.42 Å². The van der Waals surface area contributed by atoms with Gasteiger partial charge in [-0.3, -0.25) is 4.57 Å². The molecule has 1 aromatic carbocycles. The number of halogens is 1. The van der Waals surface area contributed by atoms with Crippen molar-refractivity contribution in [3.05, 3.63) is 71.6 Å². The van der Waals surface area contributed by atoms with E-state index in [-0.39, 0.29) is 6.10 Å². The van der Waals surface area contributed by atoms with E-state index in [4.69, 9.17) is 4.74 Å². The first-order chi connectivity index (χ1) is 16.2. The van der Waals surface area contributed by atoms with Gasteiger partial charge in [0.15, 0.2) is 0 Å². The summed E-state index contributed by atoms with van der Waals surface area (Å²) in [5, 5.41) is 0. The first-order valence-corrected chi connectivity index (χ1v) is 11.8. The van der Waals surface area contributed by atoms with Crippen LogP contribution in [0.1, 0.15) is 25.3 Å². The van der Waals surface area contributed by atoms with Crippen molar-refractivity contribution < 1.29 is 4.74 Å². The lowest BCUT2D eigenvalue weighted by Crippen LogP contribution is -2.39. The summed E-state index contributed by atoms with van der Waals surface area (Å²) in [6, 6.07) is 9.92. The summed E-state index contributed by atoms with van der Waals surface area (Å²) in [6.45, 7) is 3.81. The Labute approximate surface area is 200 Å². The van der Waals surface area contributed by atoms with Gasteiger partial charge in [0.2, 0.25) is 11.8 Å². The summed E-state index contributed by atoms with van der Waals surface area (Å²) in [5.41, 5.74) is 3.08. The molecule has 33 heavy (non-hydrogen) atoms. The second-order valence-electron chi connectivity index (χ2n) is 7.94. The van der Waals surface area contributed by atoms with Crippen molar-refractivity contribution in [1.82, 2.24) is 29.5 Å². The zero-order valence-corrected chi connectivity index (χ0v) is 19.9. The fourth-order valence-electron chi connectivity index (χ4n) is 3.79. The molecular formula is C24H24BrN7O.